The van der Waals surface area contributed by atoms with Crippen LogP contribution in [0.5, 0.6) is 0 Å². The van der Waals surface area contributed by atoms with Crippen molar-refractivity contribution in [2.24, 2.45) is 0 Å². The molecule has 2 rings (SSSR count). The van der Waals surface area contributed by atoms with E-state index in [1.165, 1.54) is 30.2 Å². The highest BCUT2D eigenvalue weighted by molar-refractivity contribution is 7.98. The number of aromatic nitrogens is 1. The highest BCUT2D eigenvalue weighted by Crippen LogP contribution is 2.19. The molecule has 7 heteroatoms. The average Bonchev–Trinajstić information content (AvgIpc) is 2.94. The summed E-state index contributed by atoms with van der Waals surface area (Å²) in [6.45, 7) is 1.85. The van der Waals surface area contributed by atoms with Crippen molar-refractivity contribution in [1.29, 1.82) is 0 Å². The molecule has 23 heavy (non-hydrogen) atoms. The maximum absolute atomic E-state index is 12.9. The zero-order valence-corrected chi connectivity index (χ0v) is 13.8. The third kappa shape index (κ3) is 5.37. The number of thioether (sulfide) groups is 1. The number of hydrogen-bond donors (Lipinski definition) is 2. The molecule has 1 atom stereocenters. The number of halogens is 1. The molecule has 5 nitrogen and oxygen atoms in total. The molecule has 1 aromatic carbocycles. The molecule has 1 amide bonds. The van der Waals surface area contributed by atoms with Crippen molar-refractivity contribution < 1.29 is 18.7 Å². The van der Waals surface area contributed by atoms with Crippen LogP contribution in [0, 0.1) is 5.82 Å². The molecule has 0 saturated carbocycles. The van der Waals surface area contributed by atoms with Crippen LogP contribution in [0.15, 0.2) is 34.9 Å². The van der Waals surface area contributed by atoms with E-state index in [-0.39, 0.29) is 24.7 Å². The first-order valence-electron chi connectivity index (χ1n) is 7.08. The van der Waals surface area contributed by atoms with E-state index < -0.39 is 5.60 Å². The molecule has 0 bridgehead atoms. The first-order valence-corrected chi connectivity index (χ1v) is 8.47. The van der Waals surface area contributed by atoms with Crippen molar-refractivity contribution in [3.63, 3.8) is 0 Å². The molecule has 2 aromatic rings. The fourth-order valence-electron chi connectivity index (χ4n) is 1.99. The summed E-state index contributed by atoms with van der Waals surface area (Å²) < 4.78 is 18.2. The molecule has 0 aliphatic rings. The zero-order chi connectivity index (χ0) is 16.9. The van der Waals surface area contributed by atoms with Crippen LogP contribution in [-0.4, -0.2) is 40.2 Å². The topological polar surface area (TPSA) is 75.4 Å². The Kier molecular flexibility index (Phi) is 5.79. The fourth-order valence-corrected chi connectivity index (χ4v) is 2.72. The minimum Gasteiger partial charge on any atom is -0.444 e. The number of amides is 1. The van der Waals surface area contributed by atoms with Crippen LogP contribution in [0.4, 0.5) is 4.39 Å². The lowest BCUT2D eigenvalue weighted by atomic mass is 10.1. The Labute approximate surface area is 138 Å². The summed E-state index contributed by atoms with van der Waals surface area (Å²) in [6, 6.07) is 5.76. The molecular weight excluding hydrogens is 319 g/mol. The number of carbonyl (C=O) groups is 1. The molecule has 1 aromatic heterocycles. The largest absolute Gasteiger partial charge is 0.444 e. The molecule has 124 valence electrons. The number of oxazole rings is 1. The monoisotopic (exact) mass is 338 g/mol. The van der Waals surface area contributed by atoms with E-state index in [0.717, 1.165) is 0 Å². The van der Waals surface area contributed by atoms with E-state index in [9.17, 15) is 14.3 Å². The minimum atomic E-state index is -0.946. The number of nitrogens with zero attached hydrogens (tertiary/aromatic N) is 1. The smallest absolute Gasteiger partial charge is 0.226 e. The van der Waals surface area contributed by atoms with E-state index in [1.807, 2.05) is 6.26 Å². The van der Waals surface area contributed by atoms with Gasteiger partial charge in [0.1, 0.15) is 12.1 Å². The summed E-state index contributed by atoms with van der Waals surface area (Å²) in [5.74, 6) is 0.288. The van der Waals surface area contributed by atoms with Gasteiger partial charge in [-0.2, -0.15) is 11.8 Å². The van der Waals surface area contributed by atoms with Crippen molar-refractivity contribution in [2.45, 2.75) is 18.9 Å². The molecule has 1 unspecified atom stereocenters. The Bertz CT molecular complexity index is 656. The number of aliphatic hydroxyl groups is 1. The molecular formula is C16H19FN2O3S. The average molecular weight is 338 g/mol. The Morgan fingerprint density at radius 1 is 1.43 bits per heavy atom. The van der Waals surface area contributed by atoms with Gasteiger partial charge in [-0.1, -0.05) is 0 Å². The Morgan fingerprint density at radius 2 is 2.13 bits per heavy atom. The number of hydrogen-bond acceptors (Lipinski definition) is 5. The number of carbonyl (C=O) groups excluding carboxylic acids is 1. The minimum absolute atomic E-state index is 0.0556. The number of rotatable bonds is 7. The van der Waals surface area contributed by atoms with Crippen molar-refractivity contribution >= 4 is 17.7 Å². The van der Waals surface area contributed by atoms with Crippen molar-refractivity contribution in [1.82, 2.24) is 10.3 Å². The van der Waals surface area contributed by atoms with Crippen LogP contribution in [0.25, 0.3) is 11.5 Å². The summed E-state index contributed by atoms with van der Waals surface area (Å²) in [5, 5.41) is 12.7. The van der Waals surface area contributed by atoms with E-state index in [1.54, 1.807) is 19.1 Å². The summed E-state index contributed by atoms with van der Waals surface area (Å²) in [7, 11) is 0. The van der Waals surface area contributed by atoms with Crippen molar-refractivity contribution in [3.05, 3.63) is 42.0 Å². The molecule has 1 heterocycles. The second-order valence-corrected chi connectivity index (χ2v) is 6.40. The SMILES string of the molecule is CSCC(C)(O)CNC(=O)Cc1coc(-c2ccc(F)cc2)n1. The van der Waals surface area contributed by atoms with Crippen LogP contribution >= 0.6 is 11.8 Å². The van der Waals surface area contributed by atoms with Crippen LogP contribution in [0.2, 0.25) is 0 Å². The maximum atomic E-state index is 12.9. The molecule has 2 N–H and O–H groups in total. The second-order valence-electron chi connectivity index (χ2n) is 5.53. The number of nitrogens with one attached hydrogen (secondary N) is 1. The quantitative estimate of drug-likeness (QED) is 0.810. The van der Waals surface area contributed by atoms with Crippen LogP contribution < -0.4 is 5.32 Å². The van der Waals surface area contributed by atoms with Gasteiger partial charge in [0.2, 0.25) is 11.8 Å². The van der Waals surface area contributed by atoms with Crippen LogP contribution in [0.3, 0.4) is 0 Å². The van der Waals surface area contributed by atoms with Crippen molar-refractivity contribution in [2.75, 3.05) is 18.6 Å². The summed E-state index contributed by atoms with van der Waals surface area (Å²) >= 11 is 1.51. The summed E-state index contributed by atoms with van der Waals surface area (Å²) in [5.41, 5.74) is 0.172. The Balaban J connectivity index is 1.91. The zero-order valence-electron chi connectivity index (χ0n) is 13.0. The third-order valence-corrected chi connectivity index (χ3v) is 4.02. The van der Waals surface area contributed by atoms with E-state index in [4.69, 9.17) is 4.42 Å². The lowest BCUT2D eigenvalue weighted by Gasteiger charge is -2.22. The van der Waals surface area contributed by atoms with Gasteiger partial charge in [-0.15, -0.1) is 0 Å². The van der Waals surface area contributed by atoms with Gasteiger partial charge in [-0.05, 0) is 37.4 Å². The van der Waals surface area contributed by atoms with Crippen LogP contribution in [0.1, 0.15) is 12.6 Å². The number of benzene rings is 1. The normalized spacial score (nSPS) is 13.6. The van der Waals surface area contributed by atoms with Gasteiger partial charge >= 0.3 is 0 Å². The maximum Gasteiger partial charge on any atom is 0.226 e. The first kappa shape index (κ1) is 17.5. The van der Waals surface area contributed by atoms with Gasteiger partial charge in [0, 0.05) is 17.9 Å². The predicted octanol–water partition coefficient (Wildman–Crippen LogP) is 2.25. The van der Waals surface area contributed by atoms with Gasteiger partial charge in [0.15, 0.2) is 0 Å². The van der Waals surface area contributed by atoms with Gasteiger partial charge in [-0.3, -0.25) is 4.79 Å². The molecule has 0 aliphatic carbocycles. The van der Waals surface area contributed by atoms with Gasteiger partial charge in [0.05, 0.1) is 17.7 Å². The van der Waals surface area contributed by atoms with Gasteiger partial charge < -0.3 is 14.8 Å². The third-order valence-electron chi connectivity index (χ3n) is 3.11. The Morgan fingerprint density at radius 3 is 2.78 bits per heavy atom. The second kappa shape index (κ2) is 7.61. The van der Waals surface area contributed by atoms with Crippen LogP contribution in [-0.2, 0) is 11.2 Å². The summed E-state index contributed by atoms with van der Waals surface area (Å²) in [6.07, 6.45) is 3.35. The van der Waals surface area contributed by atoms with Gasteiger partial charge in [-0.25, -0.2) is 9.37 Å². The molecule has 0 spiro atoms. The first-order chi connectivity index (χ1) is 10.9. The standard InChI is InChI=1S/C16H19FN2O3S/c1-16(21,10-23-2)9-18-14(20)7-13-8-22-15(19-13)11-3-5-12(17)6-4-11/h3-6,8,21H,7,9-10H2,1-2H3,(H,18,20). The fraction of sp³-hybridized carbons (Fsp3) is 0.375. The molecule has 0 radical (unpaired) electrons. The predicted molar refractivity (Wildman–Crippen MR) is 87.6 cm³/mol. The van der Waals surface area contributed by atoms with E-state index in [0.29, 0.717) is 22.9 Å². The summed E-state index contributed by atoms with van der Waals surface area (Å²) in [4.78, 5) is 16.1. The van der Waals surface area contributed by atoms with E-state index >= 15 is 0 Å². The molecule has 0 fully saturated rings. The van der Waals surface area contributed by atoms with E-state index in [2.05, 4.69) is 10.3 Å². The highest BCUT2D eigenvalue weighted by atomic mass is 32.2. The lowest BCUT2D eigenvalue weighted by Crippen LogP contribution is -2.42. The molecule has 0 saturated heterocycles. The van der Waals surface area contributed by atoms with Crippen molar-refractivity contribution in [3.8, 4) is 11.5 Å². The molecule has 0 aliphatic heterocycles. The highest BCUT2D eigenvalue weighted by Gasteiger charge is 2.20. The lowest BCUT2D eigenvalue weighted by molar-refractivity contribution is -0.121. The van der Waals surface area contributed by atoms with Gasteiger partial charge in [0.25, 0.3) is 0 Å². The Hall–Kier alpha value is -1.86.